The molecule has 0 amide bonds. The minimum atomic E-state index is -0.406. The quantitative estimate of drug-likeness (QED) is 0.818. The van der Waals surface area contributed by atoms with E-state index in [9.17, 15) is 4.79 Å². The molecule has 1 aromatic heterocycles. The maximum atomic E-state index is 12.8. The van der Waals surface area contributed by atoms with E-state index in [1.54, 1.807) is 6.20 Å². The molecule has 1 atom stereocenters. The fourth-order valence-corrected chi connectivity index (χ4v) is 2.76. The molecule has 4 heteroatoms. The Bertz CT molecular complexity index is 476. The molecule has 0 radical (unpaired) electrons. The molecule has 1 saturated heterocycles. The van der Waals surface area contributed by atoms with Crippen LogP contribution in [0, 0.1) is 18.3 Å². The van der Waals surface area contributed by atoms with Crippen molar-refractivity contribution in [3.05, 3.63) is 23.4 Å². The number of piperidine rings is 1. The van der Waals surface area contributed by atoms with Crippen molar-refractivity contribution >= 4 is 11.6 Å². The van der Waals surface area contributed by atoms with E-state index < -0.39 is 5.41 Å². The molecule has 2 rings (SSSR count). The van der Waals surface area contributed by atoms with Crippen LogP contribution in [0.4, 0.5) is 5.82 Å². The molecule has 0 spiro atoms. The Labute approximate surface area is 114 Å². The molecule has 4 nitrogen and oxygen atoms in total. The van der Waals surface area contributed by atoms with Crippen molar-refractivity contribution in [2.75, 3.05) is 18.8 Å². The van der Waals surface area contributed by atoms with Gasteiger partial charge in [-0.2, -0.15) is 0 Å². The van der Waals surface area contributed by atoms with Gasteiger partial charge in [-0.3, -0.25) is 4.79 Å². The van der Waals surface area contributed by atoms with Crippen LogP contribution in [0.3, 0.4) is 0 Å². The molecule has 19 heavy (non-hydrogen) atoms. The third kappa shape index (κ3) is 2.78. The number of anilines is 1. The Hall–Kier alpha value is -1.42. The number of pyridine rings is 1. The normalized spacial score (nSPS) is 20.3. The van der Waals surface area contributed by atoms with Gasteiger partial charge in [0.25, 0.3) is 0 Å². The highest BCUT2D eigenvalue weighted by Gasteiger charge is 2.38. The highest BCUT2D eigenvalue weighted by Crippen LogP contribution is 2.36. The molecule has 104 valence electrons. The number of rotatable bonds is 3. The van der Waals surface area contributed by atoms with Gasteiger partial charge in [0.2, 0.25) is 0 Å². The van der Waals surface area contributed by atoms with Crippen LogP contribution >= 0.6 is 0 Å². The molecule has 0 aliphatic carbocycles. The van der Waals surface area contributed by atoms with Gasteiger partial charge >= 0.3 is 0 Å². The van der Waals surface area contributed by atoms with Gasteiger partial charge in [-0.15, -0.1) is 0 Å². The second kappa shape index (κ2) is 5.29. The van der Waals surface area contributed by atoms with Crippen molar-refractivity contribution in [1.82, 2.24) is 10.3 Å². The molecule has 0 bridgehead atoms. The van der Waals surface area contributed by atoms with E-state index in [1.807, 2.05) is 26.8 Å². The van der Waals surface area contributed by atoms with E-state index in [-0.39, 0.29) is 5.78 Å². The van der Waals surface area contributed by atoms with Crippen molar-refractivity contribution in [3.8, 4) is 0 Å². The Balaban J connectivity index is 2.28. The Morgan fingerprint density at radius 3 is 2.89 bits per heavy atom. The number of aromatic nitrogens is 1. The highest BCUT2D eigenvalue weighted by atomic mass is 16.1. The lowest BCUT2D eigenvalue weighted by molar-refractivity contribution is 0.0709. The number of carbonyl (C=O) groups is 1. The first-order valence-electron chi connectivity index (χ1n) is 6.90. The predicted octanol–water partition coefficient (Wildman–Crippen LogP) is 2.18. The maximum Gasteiger partial charge on any atom is 0.172 e. The van der Waals surface area contributed by atoms with Crippen molar-refractivity contribution in [1.29, 1.82) is 0 Å². The zero-order valence-corrected chi connectivity index (χ0v) is 12.0. The molecule has 2 heterocycles. The van der Waals surface area contributed by atoms with E-state index in [0.29, 0.717) is 17.3 Å². The topological polar surface area (TPSA) is 68.0 Å². The van der Waals surface area contributed by atoms with Gasteiger partial charge in [0.15, 0.2) is 5.78 Å². The van der Waals surface area contributed by atoms with Gasteiger partial charge in [-0.25, -0.2) is 4.98 Å². The molecular formula is C15H23N3O. The Morgan fingerprint density at radius 1 is 1.53 bits per heavy atom. The number of nitrogen functional groups attached to an aromatic ring is 1. The van der Waals surface area contributed by atoms with Gasteiger partial charge in [0.05, 0.1) is 5.56 Å². The van der Waals surface area contributed by atoms with Crippen molar-refractivity contribution < 1.29 is 4.79 Å². The van der Waals surface area contributed by atoms with Crippen LogP contribution in [0.2, 0.25) is 0 Å². The van der Waals surface area contributed by atoms with Crippen LogP contribution in [0.1, 0.15) is 42.6 Å². The third-order valence-corrected chi connectivity index (χ3v) is 4.20. The van der Waals surface area contributed by atoms with E-state index in [1.165, 1.54) is 0 Å². The molecule has 1 unspecified atom stereocenters. The summed E-state index contributed by atoms with van der Waals surface area (Å²) in [5, 5.41) is 3.37. The number of nitrogens with two attached hydrogens (primary N) is 1. The smallest absolute Gasteiger partial charge is 0.172 e. The fraction of sp³-hybridized carbons (Fsp3) is 0.600. The molecule has 1 aliphatic rings. The molecule has 1 aromatic rings. The SMILES string of the molecule is Cc1cnc(N)c(C(=O)C(C)(C)C2CCCNC2)c1. The van der Waals surface area contributed by atoms with E-state index in [0.717, 1.165) is 31.5 Å². The summed E-state index contributed by atoms with van der Waals surface area (Å²) in [6.07, 6.45) is 3.91. The summed E-state index contributed by atoms with van der Waals surface area (Å²) in [4.78, 5) is 16.9. The van der Waals surface area contributed by atoms with Crippen molar-refractivity contribution in [3.63, 3.8) is 0 Å². The summed E-state index contributed by atoms with van der Waals surface area (Å²) in [5.41, 5.74) is 7.00. The lowest BCUT2D eigenvalue weighted by Gasteiger charge is -2.36. The van der Waals surface area contributed by atoms with Crippen molar-refractivity contribution in [2.24, 2.45) is 11.3 Å². The first-order valence-corrected chi connectivity index (χ1v) is 6.90. The largest absolute Gasteiger partial charge is 0.383 e. The van der Waals surface area contributed by atoms with Crippen LogP contribution in [-0.2, 0) is 0 Å². The lowest BCUT2D eigenvalue weighted by Crippen LogP contribution is -2.42. The fourth-order valence-electron chi connectivity index (χ4n) is 2.76. The zero-order valence-electron chi connectivity index (χ0n) is 12.0. The molecule has 1 aliphatic heterocycles. The van der Waals surface area contributed by atoms with Crippen LogP contribution < -0.4 is 11.1 Å². The van der Waals surface area contributed by atoms with Gasteiger partial charge in [-0.1, -0.05) is 13.8 Å². The van der Waals surface area contributed by atoms with Crippen LogP contribution in [0.5, 0.6) is 0 Å². The summed E-state index contributed by atoms with van der Waals surface area (Å²) < 4.78 is 0. The van der Waals surface area contributed by atoms with Crippen molar-refractivity contribution in [2.45, 2.75) is 33.6 Å². The second-order valence-corrected chi connectivity index (χ2v) is 6.04. The first kappa shape index (κ1) is 14.0. The Morgan fingerprint density at radius 2 is 2.26 bits per heavy atom. The van der Waals surface area contributed by atoms with Crippen LogP contribution in [0.15, 0.2) is 12.3 Å². The van der Waals surface area contributed by atoms with E-state index in [4.69, 9.17) is 5.73 Å². The number of aryl methyl sites for hydroxylation is 1. The van der Waals surface area contributed by atoms with Gasteiger partial charge < -0.3 is 11.1 Å². The number of nitrogens with one attached hydrogen (secondary N) is 1. The number of ketones is 1. The van der Waals surface area contributed by atoms with Crippen LogP contribution in [0.25, 0.3) is 0 Å². The summed E-state index contributed by atoms with van der Waals surface area (Å²) in [6, 6.07) is 1.85. The van der Waals surface area contributed by atoms with Gasteiger partial charge in [0.1, 0.15) is 5.82 Å². The van der Waals surface area contributed by atoms with Crippen LogP contribution in [-0.4, -0.2) is 23.9 Å². The van der Waals surface area contributed by atoms with E-state index in [2.05, 4.69) is 10.3 Å². The number of carbonyl (C=O) groups excluding carboxylic acids is 1. The highest BCUT2D eigenvalue weighted by molar-refractivity contribution is 6.03. The monoisotopic (exact) mass is 261 g/mol. The average Bonchev–Trinajstić information content (AvgIpc) is 2.41. The minimum Gasteiger partial charge on any atom is -0.383 e. The van der Waals surface area contributed by atoms with E-state index >= 15 is 0 Å². The summed E-state index contributed by atoms with van der Waals surface area (Å²) in [5.74, 6) is 0.802. The molecule has 0 aromatic carbocycles. The molecule has 1 fully saturated rings. The first-order chi connectivity index (χ1) is 8.93. The zero-order chi connectivity index (χ0) is 14.0. The standard InChI is InChI=1S/C15H23N3O/c1-10-7-12(14(16)18-8-10)13(19)15(2,3)11-5-4-6-17-9-11/h7-8,11,17H,4-6,9H2,1-3H3,(H2,16,18). The van der Waals surface area contributed by atoms with Gasteiger partial charge in [-0.05, 0) is 50.4 Å². The lowest BCUT2D eigenvalue weighted by atomic mass is 9.70. The molecular weight excluding hydrogens is 238 g/mol. The molecule has 3 N–H and O–H groups in total. The summed E-state index contributed by atoms with van der Waals surface area (Å²) >= 11 is 0. The van der Waals surface area contributed by atoms with Gasteiger partial charge in [0, 0.05) is 11.6 Å². The number of Topliss-reactive ketones (excluding diaryl/α,β-unsaturated/α-hetero) is 1. The minimum absolute atomic E-state index is 0.106. The summed E-state index contributed by atoms with van der Waals surface area (Å²) in [6.45, 7) is 7.93. The second-order valence-electron chi connectivity index (χ2n) is 6.04. The molecule has 0 saturated carbocycles. The average molecular weight is 261 g/mol. The number of hydrogen-bond donors (Lipinski definition) is 2. The summed E-state index contributed by atoms with van der Waals surface area (Å²) in [7, 11) is 0. The number of nitrogens with zero attached hydrogens (tertiary/aromatic N) is 1. The predicted molar refractivity (Wildman–Crippen MR) is 77.1 cm³/mol. The third-order valence-electron chi connectivity index (χ3n) is 4.20. The Kier molecular flexibility index (Phi) is 3.90. The maximum absolute atomic E-state index is 12.8. The number of hydrogen-bond acceptors (Lipinski definition) is 4.